The molecule has 6 nitrogen and oxygen atoms in total. The van der Waals surface area contributed by atoms with Gasteiger partial charge in [-0.15, -0.1) is 0 Å². The minimum Gasteiger partial charge on any atom is -0.352 e. The highest BCUT2D eigenvalue weighted by Crippen LogP contribution is 2.20. The molecule has 0 unspecified atom stereocenters. The summed E-state index contributed by atoms with van der Waals surface area (Å²) in [5, 5.41) is 3.01. The summed E-state index contributed by atoms with van der Waals surface area (Å²) in [6.45, 7) is 2.12. The molecule has 22 heavy (non-hydrogen) atoms. The lowest BCUT2D eigenvalue weighted by Gasteiger charge is -2.31. The van der Waals surface area contributed by atoms with E-state index in [1.807, 2.05) is 12.1 Å². The Morgan fingerprint density at radius 3 is 2.77 bits per heavy atom. The van der Waals surface area contributed by atoms with Crippen LogP contribution in [0, 0.1) is 5.92 Å². The molecule has 1 fully saturated rings. The van der Waals surface area contributed by atoms with Crippen molar-refractivity contribution in [3.63, 3.8) is 0 Å². The van der Waals surface area contributed by atoms with Gasteiger partial charge >= 0.3 is 0 Å². The first-order valence-electron chi connectivity index (χ1n) is 7.51. The molecule has 1 saturated heterocycles. The van der Waals surface area contributed by atoms with Gasteiger partial charge in [-0.05, 0) is 36.6 Å². The van der Waals surface area contributed by atoms with E-state index in [0.29, 0.717) is 19.0 Å². The van der Waals surface area contributed by atoms with Crippen LogP contribution in [0.15, 0.2) is 43.0 Å². The van der Waals surface area contributed by atoms with E-state index in [2.05, 4.69) is 25.2 Å². The monoisotopic (exact) mass is 297 g/mol. The highest BCUT2D eigenvalue weighted by atomic mass is 16.1. The molecule has 0 spiro atoms. The van der Waals surface area contributed by atoms with Gasteiger partial charge in [0.1, 0.15) is 0 Å². The van der Waals surface area contributed by atoms with Gasteiger partial charge in [-0.25, -0.2) is 9.97 Å². The highest BCUT2D eigenvalue weighted by molar-refractivity contribution is 5.79. The van der Waals surface area contributed by atoms with Crippen LogP contribution in [-0.2, 0) is 11.3 Å². The Morgan fingerprint density at radius 2 is 2.00 bits per heavy atom. The van der Waals surface area contributed by atoms with Crippen molar-refractivity contribution >= 4 is 11.9 Å². The number of hydrogen-bond acceptors (Lipinski definition) is 5. The SMILES string of the molecule is O=C(NCc1ccncc1)[C@@H]1CCCN(c2ncccn2)C1. The van der Waals surface area contributed by atoms with E-state index in [-0.39, 0.29) is 11.8 Å². The van der Waals surface area contributed by atoms with Crippen LogP contribution in [0.1, 0.15) is 18.4 Å². The molecule has 1 amide bonds. The van der Waals surface area contributed by atoms with E-state index in [0.717, 1.165) is 24.9 Å². The molecule has 2 aromatic rings. The Bertz CT molecular complexity index is 604. The van der Waals surface area contributed by atoms with E-state index >= 15 is 0 Å². The predicted octanol–water partition coefficient (Wildman–Crippen LogP) is 1.40. The second-order valence-electron chi connectivity index (χ2n) is 5.41. The van der Waals surface area contributed by atoms with Gasteiger partial charge in [-0.3, -0.25) is 9.78 Å². The van der Waals surface area contributed by atoms with Crippen LogP contribution in [0.5, 0.6) is 0 Å². The average Bonchev–Trinajstić information content (AvgIpc) is 2.61. The Balaban J connectivity index is 1.56. The predicted molar refractivity (Wildman–Crippen MR) is 83.1 cm³/mol. The highest BCUT2D eigenvalue weighted by Gasteiger charge is 2.26. The van der Waals surface area contributed by atoms with Gasteiger partial charge in [0, 0.05) is 44.4 Å². The molecule has 114 valence electrons. The molecule has 0 aromatic carbocycles. The van der Waals surface area contributed by atoms with Crippen molar-refractivity contribution in [2.75, 3.05) is 18.0 Å². The standard InChI is InChI=1S/C16H19N5O/c22-15(20-11-13-4-8-17-9-5-13)14-3-1-10-21(12-14)16-18-6-2-7-19-16/h2,4-9,14H,1,3,10-12H2,(H,20,22)/t14-/m1/s1. The summed E-state index contributed by atoms with van der Waals surface area (Å²) in [5.41, 5.74) is 1.06. The third-order valence-corrected chi connectivity index (χ3v) is 3.84. The van der Waals surface area contributed by atoms with Crippen molar-refractivity contribution in [2.45, 2.75) is 19.4 Å². The lowest BCUT2D eigenvalue weighted by Crippen LogP contribution is -2.43. The molecule has 1 aliphatic heterocycles. The maximum Gasteiger partial charge on any atom is 0.225 e. The van der Waals surface area contributed by atoms with Crippen molar-refractivity contribution in [1.29, 1.82) is 0 Å². The maximum absolute atomic E-state index is 12.4. The summed E-state index contributed by atoms with van der Waals surface area (Å²) < 4.78 is 0. The number of nitrogens with one attached hydrogen (secondary N) is 1. The van der Waals surface area contributed by atoms with Crippen molar-refractivity contribution in [1.82, 2.24) is 20.3 Å². The number of rotatable bonds is 4. The molecule has 0 radical (unpaired) electrons. The van der Waals surface area contributed by atoms with Crippen LogP contribution in [-0.4, -0.2) is 33.9 Å². The quantitative estimate of drug-likeness (QED) is 0.924. The molecule has 0 bridgehead atoms. The molecule has 3 rings (SSSR count). The second kappa shape index (κ2) is 6.98. The third-order valence-electron chi connectivity index (χ3n) is 3.84. The van der Waals surface area contributed by atoms with Gasteiger partial charge in [-0.1, -0.05) is 0 Å². The first kappa shape index (κ1) is 14.4. The molecular formula is C16H19N5O. The number of carbonyl (C=O) groups is 1. The zero-order chi connectivity index (χ0) is 15.2. The second-order valence-corrected chi connectivity index (χ2v) is 5.41. The number of carbonyl (C=O) groups excluding carboxylic acids is 1. The summed E-state index contributed by atoms with van der Waals surface area (Å²) in [5.74, 6) is 0.783. The Morgan fingerprint density at radius 1 is 1.23 bits per heavy atom. The fourth-order valence-corrected chi connectivity index (χ4v) is 2.66. The van der Waals surface area contributed by atoms with Crippen LogP contribution in [0.3, 0.4) is 0 Å². The molecular weight excluding hydrogens is 278 g/mol. The number of amides is 1. The zero-order valence-corrected chi connectivity index (χ0v) is 12.4. The first-order valence-corrected chi connectivity index (χ1v) is 7.51. The van der Waals surface area contributed by atoms with Crippen LogP contribution in [0.4, 0.5) is 5.95 Å². The van der Waals surface area contributed by atoms with Gasteiger partial charge < -0.3 is 10.2 Å². The summed E-state index contributed by atoms with van der Waals surface area (Å²) in [4.78, 5) is 26.9. The first-order chi connectivity index (χ1) is 10.8. The maximum atomic E-state index is 12.4. The molecule has 6 heteroatoms. The van der Waals surface area contributed by atoms with E-state index in [1.54, 1.807) is 30.9 Å². The number of anilines is 1. The lowest BCUT2D eigenvalue weighted by atomic mass is 9.97. The molecule has 1 atom stereocenters. The molecule has 0 saturated carbocycles. The van der Waals surface area contributed by atoms with Gasteiger partial charge in [0.05, 0.1) is 5.92 Å². The van der Waals surface area contributed by atoms with Crippen molar-refractivity contribution in [3.8, 4) is 0 Å². The normalized spacial score (nSPS) is 18.0. The topological polar surface area (TPSA) is 71.0 Å². The minimum absolute atomic E-state index is 0.0145. The minimum atomic E-state index is -0.0145. The molecule has 3 heterocycles. The summed E-state index contributed by atoms with van der Waals surface area (Å²) in [7, 11) is 0. The average molecular weight is 297 g/mol. The Kier molecular flexibility index (Phi) is 4.58. The van der Waals surface area contributed by atoms with Crippen molar-refractivity contribution in [2.24, 2.45) is 5.92 Å². The third kappa shape index (κ3) is 3.58. The molecule has 2 aromatic heterocycles. The van der Waals surface area contributed by atoms with Gasteiger partial charge in [0.2, 0.25) is 11.9 Å². The van der Waals surface area contributed by atoms with Gasteiger partial charge in [-0.2, -0.15) is 0 Å². The molecule has 0 aliphatic carbocycles. The summed E-state index contributed by atoms with van der Waals surface area (Å²) in [6, 6.07) is 5.61. The van der Waals surface area contributed by atoms with Crippen molar-refractivity contribution in [3.05, 3.63) is 48.5 Å². The smallest absolute Gasteiger partial charge is 0.225 e. The summed E-state index contributed by atoms with van der Waals surface area (Å²) in [6.07, 6.45) is 8.81. The number of hydrogen-bond donors (Lipinski definition) is 1. The van der Waals surface area contributed by atoms with Crippen LogP contribution < -0.4 is 10.2 Å². The van der Waals surface area contributed by atoms with E-state index in [4.69, 9.17) is 0 Å². The molecule has 1 aliphatic rings. The largest absolute Gasteiger partial charge is 0.352 e. The van der Waals surface area contributed by atoms with Crippen LogP contribution >= 0.6 is 0 Å². The number of aromatic nitrogens is 3. The van der Waals surface area contributed by atoms with E-state index in [9.17, 15) is 4.79 Å². The Hall–Kier alpha value is -2.50. The van der Waals surface area contributed by atoms with Crippen molar-refractivity contribution < 1.29 is 4.79 Å². The number of piperidine rings is 1. The van der Waals surface area contributed by atoms with Crippen LogP contribution in [0.25, 0.3) is 0 Å². The molecule has 1 N–H and O–H groups in total. The van der Waals surface area contributed by atoms with Gasteiger partial charge in [0.15, 0.2) is 0 Å². The Labute approximate surface area is 129 Å². The number of nitrogens with zero attached hydrogens (tertiary/aromatic N) is 4. The van der Waals surface area contributed by atoms with Crippen LogP contribution in [0.2, 0.25) is 0 Å². The van der Waals surface area contributed by atoms with E-state index in [1.165, 1.54) is 0 Å². The fraction of sp³-hybridized carbons (Fsp3) is 0.375. The lowest BCUT2D eigenvalue weighted by molar-refractivity contribution is -0.125. The fourth-order valence-electron chi connectivity index (χ4n) is 2.66. The number of pyridine rings is 1. The van der Waals surface area contributed by atoms with E-state index < -0.39 is 0 Å². The summed E-state index contributed by atoms with van der Waals surface area (Å²) >= 11 is 0. The van der Waals surface area contributed by atoms with Gasteiger partial charge in [0.25, 0.3) is 0 Å². The zero-order valence-electron chi connectivity index (χ0n) is 12.4.